The van der Waals surface area contributed by atoms with Gasteiger partial charge in [-0.3, -0.25) is 4.90 Å². The third-order valence-corrected chi connectivity index (χ3v) is 2.95. The van der Waals surface area contributed by atoms with E-state index in [2.05, 4.69) is 4.90 Å². The number of hydrogen-bond donors (Lipinski definition) is 2. The Labute approximate surface area is 101 Å². The molecule has 2 rings (SSSR count). The lowest BCUT2D eigenvalue weighted by Gasteiger charge is -2.36. The van der Waals surface area contributed by atoms with Gasteiger partial charge in [-0.2, -0.15) is 0 Å². The fourth-order valence-corrected chi connectivity index (χ4v) is 2.23. The van der Waals surface area contributed by atoms with Gasteiger partial charge in [-0.15, -0.1) is 0 Å². The van der Waals surface area contributed by atoms with Crippen LogP contribution in [0.2, 0.25) is 0 Å². The van der Waals surface area contributed by atoms with E-state index in [9.17, 15) is 5.11 Å². The molecule has 0 aromatic heterocycles. The molecule has 0 saturated carbocycles. The van der Waals surface area contributed by atoms with Crippen LogP contribution in [0.1, 0.15) is 12.5 Å². The Morgan fingerprint density at radius 2 is 2.00 bits per heavy atom. The number of aromatic hydroxyl groups is 1. The summed E-state index contributed by atoms with van der Waals surface area (Å²) in [6.07, 6.45) is 0.0638. The van der Waals surface area contributed by atoms with Gasteiger partial charge in [0.05, 0.1) is 18.8 Å². The van der Waals surface area contributed by atoms with Crippen molar-refractivity contribution in [2.45, 2.75) is 25.7 Å². The van der Waals surface area contributed by atoms with Crippen molar-refractivity contribution in [1.82, 2.24) is 4.90 Å². The first-order valence-corrected chi connectivity index (χ1v) is 5.94. The van der Waals surface area contributed by atoms with E-state index in [1.165, 1.54) is 0 Å². The number of aliphatic hydroxyl groups is 1. The maximum Gasteiger partial charge on any atom is 0.115 e. The molecule has 2 unspecified atom stereocenters. The molecule has 1 heterocycles. The number of aliphatic hydroxyl groups excluding tert-OH is 1. The molecule has 1 aliphatic rings. The molecule has 4 heteroatoms. The molecule has 17 heavy (non-hydrogen) atoms. The number of hydrogen-bond acceptors (Lipinski definition) is 4. The van der Waals surface area contributed by atoms with Gasteiger partial charge < -0.3 is 14.9 Å². The zero-order valence-corrected chi connectivity index (χ0v) is 10.0. The predicted molar refractivity (Wildman–Crippen MR) is 64.8 cm³/mol. The molecule has 0 bridgehead atoms. The molecule has 2 atom stereocenters. The van der Waals surface area contributed by atoms with Gasteiger partial charge in [0.2, 0.25) is 0 Å². The van der Waals surface area contributed by atoms with Crippen molar-refractivity contribution >= 4 is 0 Å². The zero-order valence-electron chi connectivity index (χ0n) is 10.0. The number of benzene rings is 1. The number of ether oxygens (including phenoxy) is 1. The minimum Gasteiger partial charge on any atom is -0.508 e. The van der Waals surface area contributed by atoms with Gasteiger partial charge in [-0.25, -0.2) is 0 Å². The third kappa shape index (κ3) is 3.43. The van der Waals surface area contributed by atoms with Crippen LogP contribution in [-0.4, -0.2) is 47.0 Å². The standard InChI is InChI=1S/C13H19NO3/c1-10-6-14(8-13(9-15)17-10)7-11-2-4-12(16)5-3-11/h2-5,10,13,15-16H,6-9H2,1H3. The lowest BCUT2D eigenvalue weighted by molar-refractivity contribution is -0.0972. The van der Waals surface area contributed by atoms with Crippen LogP contribution < -0.4 is 0 Å². The van der Waals surface area contributed by atoms with Crippen LogP contribution in [0, 0.1) is 0 Å². The molecule has 0 amide bonds. The Balaban J connectivity index is 1.95. The van der Waals surface area contributed by atoms with E-state index in [1.54, 1.807) is 12.1 Å². The van der Waals surface area contributed by atoms with Crippen molar-refractivity contribution in [3.8, 4) is 5.75 Å². The van der Waals surface area contributed by atoms with E-state index in [1.807, 2.05) is 19.1 Å². The van der Waals surface area contributed by atoms with Crippen LogP contribution in [-0.2, 0) is 11.3 Å². The lowest BCUT2D eigenvalue weighted by atomic mass is 10.1. The Morgan fingerprint density at radius 1 is 1.29 bits per heavy atom. The van der Waals surface area contributed by atoms with E-state index in [0.29, 0.717) is 0 Å². The molecule has 0 spiro atoms. The van der Waals surface area contributed by atoms with Gasteiger partial charge in [0.25, 0.3) is 0 Å². The first-order valence-electron chi connectivity index (χ1n) is 5.94. The molecule has 0 aliphatic carbocycles. The van der Waals surface area contributed by atoms with Gasteiger partial charge >= 0.3 is 0 Å². The first kappa shape index (κ1) is 12.4. The topological polar surface area (TPSA) is 52.9 Å². The van der Waals surface area contributed by atoms with Crippen LogP contribution in [0.4, 0.5) is 0 Å². The summed E-state index contributed by atoms with van der Waals surface area (Å²) in [7, 11) is 0. The van der Waals surface area contributed by atoms with Gasteiger partial charge in [-0.1, -0.05) is 12.1 Å². The fraction of sp³-hybridized carbons (Fsp3) is 0.538. The molecule has 1 aromatic carbocycles. The summed E-state index contributed by atoms with van der Waals surface area (Å²) in [5.41, 5.74) is 1.16. The Bertz CT molecular complexity index is 352. The summed E-state index contributed by atoms with van der Waals surface area (Å²) in [6.45, 7) is 4.53. The number of phenols is 1. The second kappa shape index (κ2) is 5.49. The van der Waals surface area contributed by atoms with E-state index >= 15 is 0 Å². The average Bonchev–Trinajstić information content (AvgIpc) is 2.31. The van der Waals surface area contributed by atoms with Crippen LogP contribution in [0.25, 0.3) is 0 Å². The van der Waals surface area contributed by atoms with Crippen molar-refractivity contribution in [2.75, 3.05) is 19.7 Å². The van der Waals surface area contributed by atoms with Crippen molar-refractivity contribution in [1.29, 1.82) is 0 Å². The second-order valence-corrected chi connectivity index (χ2v) is 4.61. The summed E-state index contributed by atoms with van der Waals surface area (Å²) in [5, 5.41) is 18.4. The van der Waals surface area contributed by atoms with Crippen molar-refractivity contribution in [3.63, 3.8) is 0 Å². The minimum atomic E-state index is -0.0872. The summed E-state index contributed by atoms with van der Waals surface area (Å²) in [4.78, 5) is 2.27. The molecule has 1 aliphatic heterocycles. The van der Waals surface area contributed by atoms with E-state index in [0.717, 1.165) is 25.2 Å². The van der Waals surface area contributed by atoms with Crippen LogP contribution in [0.3, 0.4) is 0 Å². The Morgan fingerprint density at radius 3 is 2.65 bits per heavy atom. The van der Waals surface area contributed by atoms with Crippen LogP contribution >= 0.6 is 0 Å². The predicted octanol–water partition coefficient (Wildman–Crippen LogP) is 0.974. The van der Waals surface area contributed by atoms with Gasteiger partial charge in [0.15, 0.2) is 0 Å². The molecule has 1 aromatic rings. The van der Waals surface area contributed by atoms with Gasteiger partial charge in [0, 0.05) is 19.6 Å². The average molecular weight is 237 g/mol. The summed E-state index contributed by atoms with van der Waals surface area (Å²) in [5.74, 6) is 0.289. The van der Waals surface area contributed by atoms with Gasteiger partial charge in [0.1, 0.15) is 5.75 Å². The van der Waals surface area contributed by atoms with Crippen molar-refractivity contribution in [2.24, 2.45) is 0 Å². The van der Waals surface area contributed by atoms with Crippen LogP contribution in [0.15, 0.2) is 24.3 Å². The second-order valence-electron chi connectivity index (χ2n) is 4.61. The number of rotatable bonds is 3. The molecule has 1 saturated heterocycles. The van der Waals surface area contributed by atoms with E-state index < -0.39 is 0 Å². The molecule has 0 radical (unpaired) electrons. The number of phenolic OH excluding ortho intramolecular Hbond substituents is 1. The normalized spacial score (nSPS) is 26.0. The van der Waals surface area contributed by atoms with Crippen molar-refractivity contribution < 1.29 is 14.9 Å². The highest BCUT2D eigenvalue weighted by atomic mass is 16.5. The van der Waals surface area contributed by atoms with Crippen molar-refractivity contribution in [3.05, 3.63) is 29.8 Å². The highest BCUT2D eigenvalue weighted by Crippen LogP contribution is 2.16. The summed E-state index contributed by atoms with van der Waals surface area (Å²) < 4.78 is 5.59. The zero-order chi connectivity index (χ0) is 12.3. The van der Waals surface area contributed by atoms with Gasteiger partial charge in [-0.05, 0) is 24.6 Å². The number of morpholine rings is 1. The largest absolute Gasteiger partial charge is 0.508 e. The molecular formula is C13H19NO3. The summed E-state index contributed by atoms with van der Waals surface area (Å²) >= 11 is 0. The third-order valence-electron chi connectivity index (χ3n) is 2.95. The van der Waals surface area contributed by atoms with E-state index in [-0.39, 0.29) is 24.6 Å². The molecule has 1 fully saturated rings. The number of nitrogens with zero attached hydrogens (tertiary/aromatic N) is 1. The monoisotopic (exact) mass is 237 g/mol. The highest BCUT2D eigenvalue weighted by molar-refractivity contribution is 5.25. The lowest BCUT2D eigenvalue weighted by Crippen LogP contribution is -2.47. The smallest absolute Gasteiger partial charge is 0.115 e. The van der Waals surface area contributed by atoms with Crippen LogP contribution in [0.5, 0.6) is 5.75 Å². The fourth-order valence-electron chi connectivity index (χ4n) is 2.23. The first-order chi connectivity index (χ1) is 8.17. The maximum atomic E-state index is 9.22. The SMILES string of the molecule is CC1CN(Cc2ccc(O)cc2)CC(CO)O1. The Hall–Kier alpha value is -1.10. The molecular weight excluding hydrogens is 218 g/mol. The molecule has 94 valence electrons. The maximum absolute atomic E-state index is 9.22. The Kier molecular flexibility index (Phi) is 3.99. The highest BCUT2D eigenvalue weighted by Gasteiger charge is 2.24. The summed E-state index contributed by atoms with van der Waals surface area (Å²) in [6, 6.07) is 7.23. The molecule has 4 nitrogen and oxygen atoms in total. The quantitative estimate of drug-likeness (QED) is 0.822. The minimum absolute atomic E-state index is 0.0659. The van der Waals surface area contributed by atoms with E-state index in [4.69, 9.17) is 9.84 Å². The molecule has 2 N–H and O–H groups in total.